The molecule has 6 nitrogen and oxygen atoms in total. The zero-order chi connectivity index (χ0) is 18.3. The van der Waals surface area contributed by atoms with Crippen LogP contribution in [0.1, 0.15) is 30.5 Å². The fraction of sp³-hybridized carbons (Fsp3) is 0.389. The number of nitriles is 1. The van der Waals surface area contributed by atoms with Gasteiger partial charge in [-0.05, 0) is 62.6 Å². The summed E-state index contributed by atoms with van der Waals surface area (Å²) in [4.78, 5) is 23.1. The van der Waals surface area contributed by atoms with Crippen molar-refractivity contribution in [3.05, 3.63) is 34.4 Å². The lowest BCUT2D eigenvalue weighted by Gasteiger charge is -2.12. The third kappa shape index (κ3) is 5.43. The van der Waals surface area contributed by atoms with Gasteiger partial charge in [-0.15, -0.1) is 0 Å². The Bertz CT molecular complexity index is 676. The van der Waals surface area contributed by atoms with Crippen LogP contribution in [0.3, 0.4) is 0 Å². The van der Waals surface area contributed by atoms with E-state index in [1.54, 1.807) is 12.1 Å². The minimum Gasteiger partial charge on any atom is -0.481 e. The summed E-state index contributed by atoms with van der Waals surface area (Å²) in [5.41, 5.74) is 2.34. The first-order chi connectivity index (χ1) is 11.3. The molecule has 0 aliphatic rings. The zero-order valence-corrected chi connectivity index (χ0v) is 14.6. The van der Waals surface area contributed by atoms with Crippen molar-refractivity contribution >= 4 is 18.0 Å². The van der Waals surface area contributed by atoms with Gasteiger partial charge < -0.3 is 14.8 Å². The Morgan fingerprint density at radius 3 is 2.33 bits per heavy atom. The second-order valence-electron chi connectivity index (χ2n) is 5.65. The van der Waals surface area contributed by atoms with Crippen molar-refractivity contribution in [3.8, 4) is 11.8 Å². The average Bonchev–Trinajstić information content (AvgIpc) is 2.50. The van der Waals surface area contributed by atoms with Crippen molar-refractivity contribution in [2.75, 3.05) is 13.7 Å². The molecular formula is C18H22N2O4. The molecule has 1 aromatic rings. The lowest BCUT2D eigenvalue weighted by Crippen LogP contribution is -2.30. The predicted molar refractivity (Wildman–Crippen MR) is 90.3 cm³/mol. The Morgan fingerprint density at radius 2 is 1.88 bits per heavy atom. The number of carbonyl (C=O) groups excluding carboxylic acids is 2. The molecule has 0 spiro atoms. The Morgan fingerprint density at radius 1 is 1.29 bits per heavy atom. The van der Waals surface area contributed by atoms with E-state index in [0.29, 0.717) is 11.3 Å². The van der Waals surface area contributed by atoms with Gasteiger partial charge >= 0.3 is 5.97 Å². The first-order valence-electron chi connectivity index (χ1n) is 7.52. The lowest BCUT2D eigenvalue weighted by atomic mass is 10.0. The van der Waals surface area contributed by atoms with Gasteiger partial charge in [0.05, 0.1) is 7.11 Å². The number of nitrogens with zero attached hydrogens (tertiary/aromatic N) is 1. The quantitative estimate of drug-likeness (QED) is 0.491. The van der Waals surface area contributed by atoms with Gasteiger partial charge in [0.1, 0.15) is 17.4 Å². The molecule has 0 aliphatic carbocycles. The van der Waals surface area contributed by atoms with Gasteiger partial charge in [-0.1, -0.05) is 0 Å². The van der Waals surface area contributed by atoms with Gasteiger partial charge in [0.2, 0.25) is 0 Å². The van der Waals surface area contributed by atoms with Gasteiger partial charge in [0.15, 0.2) is 6.61 Å². The number of rotatable bonds is 6. The molecule has 6 heteroatoms. The maximum absolute atomic E-state index is 12.0. The molecule has 1 N–H and O–H groups in total. The predicted octanol–water partition coefficient (Wildman–Crippen LogP) is 2.29. The van der Waals surface area contributed by atoms with Crippen LogP contribution in [0, 0.1) is 25.2 Å². The number of methoxy groups -OCH3 is 1. The van der Waals surface area contributed by atoms with Crippen LogP contribution in [0.25, 0.3) is 6.08 Å². The molecule has 0 radical (unpaired) electrons. The van der Waals surface area contributed by atoms with Gasteiger partial charge in [0.25, 0.3) is 5.91 Å². The second-order valence-corrected chi connectivity index (χ2v) is 5.65. The molecule has 0 aliphatic heterocycles. The van der Waals surface area contributed by atoms with Crippen LogP contribution < -0.4 is 10.1 Å². The Labute approximate surface area is 142 Å². The first kappa shape index (κ1) is 19.2. The molecular weight excluding hydrogens is 308 g/mol. The largest absolute Gasteiger partial charge is 0.481 e. The average molecular weight is 330 g/mol. The minimum absolute atomic E-state index is 0.0331. The van der Waals surface area contributed by atoms with Crippen LogP contribution >= 0.6 is 0 Å². The van der Waals surface area contributed by atoms with Crippen molar-refractivity contribution in [2.24, 2.45) is 0 Å². The fourth-order valence-corrected chi connectivity index (χ4v) is 2.14. The number of esters is 1. The maximum atomic E-state index is 12.0. The number of hydrogen-bond acceptors (Lipinski definition) is 5. The van der Waals surface area contributed by atoms with Crippen molar-refractivity contribution in [1.82, 2.24) is 5.32 Å². The number of aryl methyl sites for hydroxylation is 2. The molecule has 24 heavy (non-hydrogen) atoms. The lowest BCUT2D eigenvalue weighted by molar-refractivity contribution is -0.142. The summed E-state index contributed by atoms with van der Waals surface area (Å²) in [6.45, 7) is 7.14. The summed E-state index contributed by atoms with van der Waals surface area (Å²) < 4.78 is 10.0. The van der Waals surface area contributed by atoms with E-state index in [9.17, 15) is 14.9 Å². The minimum atomic E-state index is -0.463. The summed E-state index contributed by atoms with van der Waals surface area (Å²) >= 11 is 0. The Balaban J connectivity index is 3.06. The second kappa shape index (κ2) is 8.73. The molecule has 0 saturated carbocycles. The molecule has 0 saturated heterocycles. The monoisotopic (exact) mass is 330 g/mol. The highest BCUT2D eigenvalue weighted by Crippen LogP contribution is 2.26. The molecule has 1 amide bonds. The van der Waals surface area contributed by atoms with E-state index in [1.165, 1.54) is 13.2 Å². The van der Waals surface area contributed by atoms with E-state index in [4.69, 9.17) is 4.74 Å². The molecule has 0 bridgehead atoms. The summed E-state index contributed by atoms with van der Waals surface area (Å²) in [7, 11) is 1.30. The Kier molecular flexibility index (Phi) is 6.99. The van der Waals surface area contributed by atoms with E-state index >= 15 is 0 Å². The molecule has 0 heterocycles. The standard InChI is InChI=1S/C18H22N2O4/c1-11(2)20-18(22)15(9-19)8-14-6-12(3)17(13(4)7-14)24-10-16(21)23-5/h6-8,11H,10H2,1-5H3,(H,20,22)/b15-8-. The topological polar surface area (TPSA) is 88.4 Å². The summed E-state index contributed by atoms with van der Waals surface area (Å²) in [6, 6.07) is 5.45. The number of carbonyl (C=O) groups is 2. The van der Waals surface area contributed by atoms with E-state index < -0.39 is 11.9 Å². The van der Waals surface area contributed by atoms with Crippen LogP contribution in [-0.4, -0.2) is 31.6 Å². The molecule has 1 aromatic carbocycles. The molecule has 128 valence electrons. The van der Waals surface area contributed by atoms with Gasteiger partial charge in [-0.2, -0.15) is 5.26 Å². The fourth-order valence-electron chi connectivity index (χ4n) is 2.14. The Hall–Kier alpha value is -2.81. The third-order valence-corrected chi connectivity index (χ3v) is 3.14. The summed E-state index contributed by atoms with van der Waals surface area (Å²) in [5, 5.41) is 11.9. The highest BCUT2D eigenvalue weighted by molar-refractivity contribution is 6.01. The van der Waals surface area contributed by atoms with Crippen LogP contribution in [0.2, 0.25) is 0 Å². The van der Waals surface area contributed by atoms with E-state index in [0.717, 1.165) is 11.1 Å². The SMILES string of the molecule is COC(=O)COc1c(C)cc(/C=C(/C#N)C(=O)NC(C)C)cc1C. The van der Waals surface area contributed by atoms with E-state index in [1.807, 2.05) is 33.8 Å². The molecule has 0 unspecified atom stereocenters. The maximum Gasteiger partial charge on any atom is 0.343 e. The number of hydrogen-bond donors (Lipinski definition) is 1. The zero-order valence-electron chi connectivity index (χ0n) is 14.6. The van der Waals surface area contributed by atoms with Crippen molar-refractivity contribution < 1.29 is 19.1 Å². The normalized spacial score (nSPS) is 11.0. The van der Waals surface area contributed by atoms with Crippen LogP contribution in [0.15, 0.2) is 17.7 Å². The van der Waals surface area contributed by atoms with Crippen molar-refractivity contribution in [1.29, 1.82) is 5.26 Å². The number of benzene rings is 1. The van der Waals surface area contributed by atoms with Crippen molar-refractivity contribution in [3.63, 3.8) is 0 Å². The van der Waals surface area contributed by atoms with E-state index in [-0.39, 0.29) is 18.2 Å². The first-order valence-corrected chi connectivity index (χ1v) is 7.52. The van der Waals surface area contributed by atoms with Crippen molar-refractivity contribution in [2.45, 2.75) is 33.7 Å². The van der Waals surface area contributed by atoms with Crippen LogP contribution in [0.4, 0.5) is 0 Å². The third-order valence-electron chi connectivity index (χ3n) is 3.14. The highest BCUT2D eigenvalue weighted by atomic mass is 16.6. The van der Waals surface area contributed by atoms with Gasteiger partial charge in [-0.25, -0.2) is 4.79 Å². The van der Waals surface area contributed by atoms with Crippen LogP contribution in [-0.2, 0) is 14.3 Å². The highest BCUT2D eigenvalue weighted by Gasteiger charge is 2.12. The van der Waals surface area contributed by atoms with E-state index in [2.05, 4.69) is 10.1 Å². The summed E-state index contributed by atoms with van der Waals surface area (Å²) in [5.74, 6) is -0.286. The number of amides is 1. The number of nitrogens with one attached hydrogen (secondary N) is 1. The van der Waals surface area contributed by atoms with Gasteiger partial charge in [-0.3, -0.25) is 4.79 Å². The summed E-state index contributed by atoms with van der Waals surface area (Å²) in [6.07, 6.45) is 1.53. The molecule has 0 atom stereocenters. The number of ether oxygens (including phenoxy) is 2. The smallest absolute Gasteiger partial charge is 0.343 e. The molecule has 0 fully saturated rings. The van der Waals surface area contributed by atoms with Crippen LogP contribution in [0.5, 0.6) is 5.75 Å². The van der Waals surface area contributed by atoms with Gasteiger partial charge in [0, 0.05) is 6.04 Å². The molecule has 0 aromatic heterocycles. The molecule has 1 rings (SSSR count).